The summed E-state index contributed by atoms with van der Waals surface area (Å²) in [4.78, 5) is -0.252. The Morgan fingerprint density at radius 3 is 2.36 bits per heavy atom. The Hall–Kier alpha value is -0.780. The van der Waals surface area contributed by atoms with E-state index in [4.69, 9.17) is 29.6 Å². The highest BCUT2D eigenvalue weighted by Gasteiger charge is 2.39. The van der Waals surface area contributed by atoms with Crippen molar-refractivity contribution < 1.29 is 16.8 Å². The number of sulfonamides is 1. The first kappa shape index (κ1) is 17.6. The van der Waals surface area contributed by atoms with Crippen molar-refractivity contribution in [2.45, 2.75) is 17.4 Å². The third kappa shape index (κ3) is 3.42. The van der Waals surface area contributed by atoms with E-state index in [0.717, 1.165) is 4.31 Å². The molecule has 22 heavy (non-hydrogen) atoms. The lowest BCUT2D eigenvalue weighted by Crippen LogP contribution is -2.41. The summed E-state index contributed by atoms with van der Waals surface area (Å²) in [5.74, 6) is 1.93. The molecule has 0 N–H and O–H groups in total. The average Bonchev–Trinajstić information content (AvgIpc) is 2.75. The van der Waals surface area contributed by atoms with Crippen LogP contribution in [-0.4, -0.2) is 45.2 Å². The highest BCUT2D eigenvalue weighted by molar-refractivity contribution is 7.92. The molecule has 0 bridgehead atoms. The van der Waals surface area contributed by atoms with Crippen molar-refractivity contribution in [3.05, 3.63) is 28.2 Å². The fraction of sp³-hybridized carbons (Fsp3) is 0.385. The molecule has 2 rings (SSSR count). The van der Waals surface area contributed by atoms with E-state index in [0.29, 0.717) is 0 Å². The third-order valence-corrected chi connectivity index (χ3v) is 7.95. The zero-order chi connectivity index (χ0) is 16.5. The van der Waals surface area contributed by atoms with E-state index >= 15 is 0 Å². The lowest BCUT2D eigenvalue weighted by Gasteiger charge is -2.26. The van der Waals surface area contributed by atoms with E-state index < -0.39 is 25.9 Å². The topological polar surface area (TPSA) is 71.5 Å². The molecule has 0 radical (unpaired) electrons. The van der Waals surface area contributed by atoms with Gasteiger partial charge in [0.1, 0.15) is 4.90 Å². The molecule has 120 valence electrons. The fourth-order valence-electron chi connectivity index (χ4n) is 2.35. The molecule has 9 heteroatoms. The summed E-state index contributed by atoms with van der Waals surface area (Å²) in [5, 5.41) is -0.0641. The van der Waals surface area contributed by atoms with Gasteiger partial charge in [-0.1, -0.05) is 35.2 Å². The second kappa shape index (κ2) is 6.38. The van der Waals surface area contributed by atoms with Gasteiger partial charge in [-0.25, -0.2) is 16.8 Å². The second-order valence-corrected chi connectivity index (χ2v) is 9.73. The van der Waals surface area contributed by atoms with Crippen molar-refractivity contribution in [3.8, 4) is 12.3 Å². The molecular weight excluding hydrogens is 369 g/mol. The SMILES string of the molecule is C#CCN(C1CCS(=O)(=O)C1)S(=O)(=O)c1c(Cl)cccc1Cl. The van der Waals surface area contributed by atoms with Gasteiger partial charge in [0.2, 0.25) is 10.0 Å². The van der Waals surface area contributed by atoms with Crippen LogP contribution >= 0.6 is 23.2 Å². The molecule has 1 unspecified atom stereocenters. The predicted molar refractivity (Wildman–Crippen MR) is 86.2 cm³/mol. The van der Waals surface area contributed by atoms with Crippen LogP contribution in [0.2, 0.25) is 10.0 Å². The zero-order valence-corrected chi connectivity index (χ0v) is 14.5. The van der Waals surface area contributed by atoms with Gasteiger partial charge in [-0.3, -0.25) is 0 Å². The van der Waals surface area contributed by atoms with Gasteiger partial charge in [-0.2, -0.15) is 4.31 Å². The van der Waals surface area contributed by atoms with E-state index in [9.17, 15) is 16.8 Å². The molecule has 1 atom stereocenters. The van der Waals surface area contributed by atoms with Gasteiger partial charge in [-0.15, -0.1) is 6.42 Å². The molecule has 0 amide bonds. The summed E-state index contributed by atoms with van der Waals surface area (Å²) in [5.41, 5.74) is 0. The smallest absolute Gasteiger partial charge is 0.229 e. The molecule has 5 nitrogen and oxygen atoms in total. The van der Waals surface area contributed by atoms with Crippen LogP contribution in [0.1, 0.15) is 6.42 Å². The monoisotopic (exact) mass is 381 g/mol. The van der Waals surface area contributed by atoms with Crippen molar-refractivity contribution >= 4 is 43.1 Å². The zero-order valence-electron chi connectivity index (χ0n) is 11.4. The van der Waals surface area contributed by atoms with Crippen molar-refractivity contribution in [1.82, 2.24) is 4.31 Å². The van der Waals surface area contributed by atoms with Crippen LogP contribution in [0, 0.1) is 12.3 Å². The van der Waals surface area contributed by atoms with E-state index in [1.165, 1.54) is 18.2 Å². The normalized spacial score (nSPS) is 20.9. The van der Waals surface area contributed by atoms with Crippen LogP contribution in [0.25, 0.3) is 0 Å². The van der Waals surface area contributed by atoms with Gasteiger partial charge in [0.05, 0.1) is 28.1 Å². The van der Waals surface area contributed by atoms with Crippen LogP contribution in [0.4, 0.5) is 0 Å². The molecule has 1 saturated heterocycles. The molecular formula is C13H13Cl2NO4S2. The molecule has 0 aliphatic carbocycles. The van der Waals surface area contributed by atoms with E-state index in [2.05, 4.69) is 5.92 Å². The first-order chi connectivity index (χ1) is 10.2. The Bertz CT molecular complexity index is 808. The number of nitrogens with zero attached hydrogens (tertiary/aromatic N) is 1. The summed E-state index contributed by atoms with van der Waals surface area (Å²) in [6, 6.07) is 3.62. The lowest BCUT2D eigenvalue weighted by atomic mass is 10.3. The van der Waals surface area contributed by atoms with Gasteiger partial charge in [0.25, 0.3) is 0 Å². The van der Waals surface area contributed by atoms with E-state index in [-0.39, 0.29) is 39.4 Å². The third-order valence-electron chi connectivity index (χ3n) is 3.35. The maximum atomic E-state index is 12.8. The molecule has 1 aromatic rings. The molecule has 1 fully saturated rings. The van der Waals surface area contributed by atoms with Crippen molar-refractivity contribution in [1.29, 1.82) is 0 Å². The number of sulfone groups is 1. The Kier molecular flexibility index (Phi) is 5.09. The van der Waals surface area contributed by atoms with Gasteiger partial charge in [-0.05, 0) is 18.6 Å². The Balaban J connectivity index is 2.51. The average molecular weight is 382 g/mol. The fourth-order valence-corrected chi connectivity index (χ4v) is 6.84. The number of halogens is 2. The molecule has 1 aliphatic rings. The van der Waals surface area contributed by atoms with Crippen molar-refractivity contribution in [2.24, 2.45) is 0 Å². The summed E-state index contributed by atoms with van der Waals surface area (Å²) in [7, 11) is -7.36. The number of benzene rings is 1. The highest BCUT2D eigenvalue weighted by Crippen LogP contribution is 2.33. The summed E-state index contributed by atoms with van der Waals surface area (Å²) < 4.78 is 49.9. The predicted octanol–water partition coefficient (Wildman–Crippen LogP) is 1.80. The Morgan fingerprint density at radius 1 is 1.32 bits per heavy atom. The largest absolute Gasteiger partial charge is 0.247 e. The minimum absolute atomic E-state index is 0.0321. The number of terminal acetylenes is 1. The second-order valence-electron chi connectivity index (χ2n) is 4.86. The summed E-state index contributed by atoms with van der Waals surface area (Å²) >= 11 is 11.9. The highest BCUT2D eigenvalue weighted by atomic mass is 35.5. The van der Waals surface area contributed by atoms with E-state index in [1.807, 2.05) is 0 Å². The summed E-state index contributed by atoms with van der Waals surface area (Å²) in [6.45, 7) is -0.246. The van der Waals surface area contributed by atoms with Gasteiger partial charge < -0.3 is 0 Å². The molecule has 1 aliphatic heterocycles. The minimum Gasteiger partial charge on any atom is -0.229 e. The number of hydrogen-bond acceptors (Lipinski definition) is 4. The van der Waals surface area contributed by atoms with Gasteiger partial charge >= 0.3 is 0 Å². The van der Waals surface area contributed by atoms with Crippen molar-refractivity contribution in [2.75, 3.05) is 18.1 Å². The maximum absolute atomic E-state index is 12.8. The standard InChI is InChI=1S/C13H13Cl2NO4S2/c1-2-7-16(10-6-8-21(17,18)9-10)22(19,20)13-11(14)4-3-5-12(13)15/h1,3-5,10H,6-9H2. The first-order valence-electron chi connectivity index (χ1n) is 6.29. The number of rotatable bonds is 4. The number of hydrogen-bond donors (Lipinski definition) is 0. The van der Waals surface area contributed by atoms with Crippen LogP contribution in [0.5, 0.6) is 0 Å². The van der Waals surface area contributed by atoms with Crippen molar-refractivity contribution in [3.63, 3.8) is 0 Å². The Labute approximate surface area is 140 Å². The van der Waals surface area contributed by atoms with Crippen LogP contribution in [0.3, 0.4) is 0 Å². The molecule has 0 aromatic heterocycles. The van der Waals surface area contributed by atoms with Crippen LogP contribution < -0.4 is 0 Å². The minimum atomic E-state index is -4.10. The Morgan fingerprint density at radius 2 is 1.91 bits per heavy atom. The molecule has 0 spiro atoms. The van der Waals surface area contributed by atoms with Crippen LogP contribution in [-0.2, 0) is 19.9 Å². The van der Waals surface area contributed by atoms with Gasteiger partial charge in [0.15, 0.2) is 9.84 Å². The lowest BCUT2D eigenvalue weighted by molar-refractivity contribution is 0.371. The quantitative estimate of drug-likeness (QED) is 0.745. The molecule has 0 saturated carbocycles. The molecule has 1 heterocycles. The van der Waals surface area contributed by atoms with E-state index in [1.54, 1.807) is 0 Å². The molecule has 1 aromatic carbocycles. The van der Waals surface area contributed by atoms with Gasteiger partial charge in [0, 0.05) is 6.04 Å². The summed E-state index contributed by atoms with van der Waals surface area (Å²) in [6.07, 6.45) is 5.44. The first-order valence-corrected chi connectivity index (χ1v) is 10.3. The van der Waals surface area contributed by atoms with Crippen LogP contribution in [0.15, 0.2) is 23.1 Å². The maximum Gasteiger partial charge on any atom is 0.247 e.